The molecule has 0 bridgehead atoms. The molecule has 7 nitrogen and oxygen atoms in total. The minimum Gasteiger partial charge on any atom is -0.462 e. The molecule has 0 fully saturated rings. The third kappa shape index (κ3) is 14.5. The van der Waals surface area contributed by atoms with Crippen molar-refractivity contribution >= 4 is 51.6 Å². The summed E-state index contributed by atoms with van der Waals surface area (Å²) in [6.45, 7) is 7.84. The summed E-state index contributed by atoms with van der Waals surface area (Å²) in [6.07, 6.45) is 6.76. The molecular formula is C20H38NaO7S. The molecule has 29 heavy (non-hydrogen) atoms. The van der Waals surface area contributed by atoms with Gasteiger partial charge in [-0.3, -0.25) is 14.1 Å². The maximum atomic E-state index is 12.3. The summed E-state index contributed by atoms with van der Waals surface area (Å²) in [4.78, 5) is 24.5. The van der Waals surface area contributed by atoms with E-state index in [2.05, 4.69) is 13.8 Å². The van der Waals surface area contributed by atoms with Gasteiger partial charge in [-0.1, -0.05) is 53.4 Å². The summed E-state index contributed by atoms with van der Waals surface area (Å²) < 4.78 is 43.3. The molecule has 0 heterocycles. The van der Waals surface area contributed by atoms with E-state index in [4.69, 9.17) is 9.47 Å². The molecule has 0 aromatic carbocycles. The van der Waals surface area contributed by atoms with Gasteiger partial charge in [-0.2, -0.15) is 8.42 Å². The summed E-state index contributed by atoms with van der Waals surface area (Å²) in [5.74, 6) is -1.91. The Bertz CT molecular complexity index is 551. The molecule has 0 aromatic rings. The smallest absolute Gasteiger partial charge is 0.327 e. The van der Waals surface area contributed by atoms with E-state index in [0.717, 1.165) is 38.5 Å². The first-order valence-electron chi connectivity index (χ1n) is 10.6. The fraction of sp³-hybridized carbons (Fsp3) is 0.900. The molecule has 3 unspecified atom stereocenters. The van der Waals surface area contributed by atoms with E-state index in [1.165, 1.54) is 0 Å². The van der Waals surface area contributed by atoms with Crippen LogP contribution in [0.4, 0.5) is 0 Å². The average Bonchev–Trinajstić information content (AvgIpc) is 2.63. The Kier molecular flexibility index (Phi) is 18.8. The Morgan fingerprint density at radius 3 is 1.66 bits per heavy atom. The normalized spacial score (nSPS) is 14.4. The molecular weight excluding hydrogens is 407 g/mol. The van der Waals surface area contributed by atoms with Crippen molar-refractivity contribution in [1.82, 2.24) is 0 Å². The van der Waals surface area contributed by atoms with E-state index >= 15 is 0 Å². The molecule has 0 aliphatic rings. The van der Waals surface area contributed by atoms with Crippen LogP contribution in [-0.2, 0) is 29.2 Å². The van der Waals surface area contributed by atoms with Gasteiger partial charge in [0.05, 0.1) is 6.42 Å². The third-order valence-corrected chi connectivity index (χ3v) is 5.80. The molecule has 3 atom stereocenters. The van der Waals surface area contributed by atoms with Crippen LogP contribution in [0.1, 0.15) is 98.3 Å². The van der Waals surface area contributed by atoms with Crippen molar-refractivity contribution in [1.29, 1.82) is 0 Å². The summed E-state index contributed by atoms with van der Waals surface area (Å²) >= 11 is 0. The fourth-order valence-electron chi connectivity index (χ4n) is 2.87. The van der Waals surface area contributed by atoms with E-state index in [-0.39, 0.29) is 35.7 Å². The van der Waals surface area contributed by atoms with E-state index < -0.39 is 39.8 Å². The van der Waals surface area contributed by atoms with Crippen molar-refractivity contribution in [2.24, 2.45) is 0 Å². The fourth-order valence-corrected chi connectivity index (χ4v) is 3.52. The molecule has 0 aliphatic carbocycles. The van der Waals surface area contributed by atoms with E-state index in [0.29, 0.717) is 25.7 Å². The SMILES string of the molecule is CCCCCC(CC)OC(=O)CC(C(=O)OC(CC)CCCCC)S(=O)(=O)O.[Na]. The van der Waals surface area contributed by atoms with Crippen molar-refractivity contribution < 1.29 is 32.0 Å². The molecule has 167 valence electrons. The zero-order valence-corrected chi connectivity index (χ0v) is 21.6. The van der Waals surface area contributed by atoms with Gasteiger partial charge in [-0.25, -0.2) is 0 Å². The maximum absolute atomic E-state index is 12.3. The number of hydrogen-bond donors (Lipinski definition) is 1. The summed E-state index contributed by atoms with van der Waals surface area (Å²) in [5.41, 5.74) is 0. The second-order valence-corrected chi connectivity index (χ2v) is 8.79. The topological polar surface area (TPSA) is 107 Å². The number of esters is 2. The minimum absolute atomic E-state index is 0. The molecule has 1 N–H and O–H groups in total. The van der Waals surface area contributed by atoms with E-state index in [9.17, 15) is 22.6 Å². The van der Waals surface area contributed by atoms with Crippen LogP contribution in [0.5, 0.6) is 0 Å². The van der Waals surface area contributed by atoms with Gasteiger partial charge in [-0.15, -0.1) is 0 Å². The van der Waals surface area contributed by atoms with Gasteiger partial charge in [0.1, 0.15) is 12.2 Å². The molecule has 0 saturated heterocycles. The van der Waals surface area contributed by atoms with Crippen LogP contribution in [0.2, 0.25) is 0 Å². The number of carbonyl (C=O) groups is 2. The molecule has 0 amide bonds. The van der Waals surface area contributed by atoms with E-state index in [1.54, 1.807) is 0 Å². The number of ether oxygens (including phenoxy) is 2. The van der Waals surface area contributed by atoms with Crippen molar-refractivity contribution in [3.63, 3.8) is 0 Å². The van der Waals surface area contributed by atoms with Crippen LogP contribution in [0.3, 0.4) is 0 Å². The standard InChI is InChI=1S/C20H38O7S.Na/c1-5-9-11-13-16(7-3)26-19(21)15-18(28(23,24)25)20(22)27-17(8-4)14-12-10-6-2;/h16-18H,5-15H2,1-4H3,(H,23,24,25);. The van der Waals surface area contributed by atoms with Crippen molar-refractivity contribution in [2.45, 2.75) is 116 Å². The van der Waals surface area contributed by atoms with Crippen molar-refractivity contribution in [2.75, 3.05) is 0 Å². The molecule has 0 rings (SSSR count). The number of rotatable bonds is 16. The van der Waals surface area contributed by atoms with E-state index in [1.807, 2.05) is 13.8 Å². The van der Waals surface area contributed by atoms with Gasteiger partial charge in [0, 0.05) is 29.6 Å². The first-order chi connectivity index (χ1) is 13.2. The second kappa shape index (κ2) is 17.5. The molecule has 0 aromatic heterocycles. The van der Waals surface area contributed by atoms with Crippen LogP contribution < -0.4 is 0 Å². The van der Waals surface area contributed by atoms with Crippen LogP contribution in [-0.4, -0.2) is 71.9 Å². The number of carbonyl (C=O) groups excluding carboxylic acids is 2. The zero-order valence-electron chi connectivity index (χ0n) is 18.8. The third-order valence-electron chi connectivity index (χ3n) is 4.73. The second-order valence-electron chi connectivity index (χ2n) is 7.19. The Balaban J connectivity index is 0. The summed E-state index contributed by atoms with van der Waals surface area (Å²) in [7, 11) is -4.78. The van der Waals surface area contributed by atoms with Crippen LogP contribution >= 0.6 is 0 Å². The van der Waals surface area contributed by atoms with Crippen molar-refractivity contribution in [3.05, 3.63) is 0 Å². The van der Waals surface area contributed by atoms with Gasteiger partial charge in [-0.05, 0) is 38.5 Å². The van der Waals surface area contributed by atoms with Gasteiger partial charge in [0.15, 0.2) is 5.25 Å². The zero-order chi connectivity index (χ0) is 21.6. The molecule has 0 aliphatic heterocycles. The van der Waals surface area contributed by atoms with Gasteiger partial charge >= 0.3 is 11.9 Å². The van der Waals surface area contributed by atoms with Gasteiger partial charge in [0.25, 0.3) is 10.1 Å². The van der Waals surface area contributed by atoms with Crippen LogP contribution in [0.25, 0.3) is 0 Å². The number of unbranched alkanes of at least 4 members (excludes halogenated alkanes) is 4. The van der Waals surface area contributed by atoms with Gasteiger partial charge < -0.3 is 9.47 Å². The van der Waals surface area contributed by atoms with Gasteiger partial charge in [0.2, 0.25) is 0 Å². The first kappa shape index (κ1) is 31.0. The first-order valence-corrected chi connectivity index (χ1v) is 12.1. The summed E-state index contributed by atoms with van der Waals surface area (Å²) in [5, 5.41) is -1.95. The van der Waals surface area contributed by atoms with Crippen LogP contribution in [0.15, 0.2) is 0 Å². The monoisotopic (exact) mass is 445 g/mol. The summed E-state index contributed by atoms with van der Waals surface area (Å²) in [6, 6.07) is 0. The molecule has 0 saturated carbocycles. The Morgan fingerprint density at radius 2 is 1.28 bits per heavy atom. The van der Waals surface area contributed by atoms with Crippen molar-refractivity contribution in [3.8, 4) is 0 Å². The number of hydrogen-bond acceptors (Lipinski definition) is 6. The quantitative estimate of drug-likeness (QED) is 0.165. The predicted octanol–water partition coefficient (Wildman–Crippen LogP) is 4.06. The minimum atomic E-state index is -4.78. The maximum Gasteiger partial charge on any atom is 0.327 e. The Morgan fingerprint density at radius 1 is 0.828 bits per heavy atom. The predicted molar refractivity (Wildman–Crippen MR) is 114 cm³/mol. The average molecular weight is 446 g/mol. The Hall–Kier alpha value is -0.150. The Labute approximate surface area is 198 Å². The molecule has 1 radical (unpaired) electrons. The largest absolute Gasteiger partial charge is 0.462 e. The molecule has 9 heteroatoms. The van der Waals surface area contributed by atoms with Crippen LogP contribution in [0, 0.1) is 0 Å². The molecule has 0 spiro atoms.